The van der Waals surface area contributed by atoms with E-state index in [1.807, 2.05) is 24.3 Å². The van der Waals surface area contributed by atoms with Crippen LogP contribution in [0.25, 0.3) is 0 Å². The van der Waals surface area contributed by atoms with E-state index in [-0.39, 0.29) is 5.91 Å². The molecular formula is C20H19N3O4S. The summed E-state index contributed by atoms with van der Waals surface area (Å²) < 4.78 is 10.1. The lowest BCUT2D eigenvalue weighted by molar-refractivity contribution is -0.131. The molecule has 8 heteroatoms. The molecule has 0 fully saturated rings. The number of aryl methyl sites for hydroxylation is 2. The van der Waals surface area contributed by atoms with Crippen molar-refractivity contribution in [1.29, 1.82) is 0 Å². The van der Waals surface area contributed by atoms with Gasteiger partial charge >= 0.3 is 5.97 Å². The average Bonchev–Trinajstić information content (AvgIpc) is 3.14. The molecule has 7 nitrogen and oxygen atoms in total. The Morgan fingerprint density at radius 3 is 2.29 bits per heavy atom. The van der Waals surface area contributed by atoms with Crippen molar-refractivity contribution in [2.75, 3.05) is 12.4 Å². The van der Waals surface area contributed by atoms with Gasteiger partial charge in [0.2, 0.25) is 5.13 Å². The maximum absolute atomic E-state index is 12.3. The third-order valence-corrected chi connectivity index (χ3v) is 4.75. The van der Waals surface area contributed by atoms with Crippen molar-refractivity contribution in [3.05, 3.63) is 64.7 Å². The molecule has 0 bridgehead atoms. The van der Waals surface area contributed by atoms with Gasteiger partial charge in [-0.15, -0.1) is 10.2 Å². The van der Waals surface area contributed by atoms with Gasteiger partial charge in [-0.3, -0.25) is 14.9 Å². The van der Waals surface area contributed by atoms with Crippen LogP contribution in [0, 0.1) is 0 Å². The number of carbonyl (C=O) groups excluding carboxylic acids is 2. The highest BCUT2D eigenvalue weighted by Crippen LogP contribution is 2.20. The quantitative estimate of drug-likeness (QED) is 0.485. The minimum Gasteiger partial charge on any atom is -0.497 e. The van der Waals surface area contributed by atoms with Crippen LogP contribution >= 0.6 is 11.3 Å². The van der Waals surface area contributed by atoms with Crippen LogP contribution in [-0.2, 0) is 17.6 Å². The Labute approximate surface area is 166 Å². The van der Waals surface area contributed by atoms with Crippen LogP contribution in [0.1, 0.15) is 27.9 Å². The highest BCUT2D eigenvalue weighted by molar-refractivity contribution is 7.15. The summed E-state index contributed by atoms with van der Waals surface area (Å²) in [6.45, 7) is 1.32. The summed E-state index contributed by atoms with van der Waals surface area (Å²) in [7, 11) is 1.64. The molecule has 0 saturated heterocycles. The van der Waals surface area contributed by atoms with E-state index in [1.54, 1.807) is 31.4 Å². The second kappa shape index (κ2) is 9.09. The first kappa shape index (κ1) is 19.5. The number of benzene rings is 2. The van der Waals surface area contributed by atoms with Gasteiger partial charge in [-0.2, -0.15) is 0 Å². The molecule has 2 aromatic carbocycles. The molecule has 1 aromatic heterocycles. The van der Waals surface area contributed by atoms with E-state index in [1.165, 1.54) is 23.8 Å². The molecule has 1 amide bonds. The Kier molecular flexibility index (Phi) is 6.33. The highest BCUT2D eigenvalue weighted by atomic mass is 32.1. The largest absolute Gasteiger partial charge is 0.497 e. The molecule has 28 heavy (non-hydrogen) atoms. The molecule has 3 aromatic rings. The van der Waals surface area contributed by atoms with Gasteiger partial charge in [0.05, 0.1) is 7.11 Å². The fraction of sp³-hybridized carbons (Fsp3) is 0.200. The van der Waals surface area contributed by atoms with Crippen LogP contribution < -0.4 is 14.8 Å². The molecule has 0 aliphatic carbocycles. The van der Waals surface area contributed by atoms with Gasteiger partial charge in [0.15, 0.2) is 0 Å². The molecule has 0 unspecified atom stereocenters. The number of carbonyl (C=O) groups is 2. The van der Waals surface area contributed by atoms with Gasteiger partial charge in [-0.25, -0.2) is 0 Å². The molecular weight excluding hydrogens is 378 g/mol. The van der Waals surface area contributed by atoms with E-state index in [9.17, 15) is 9.59 Å². The minimum absolute atomic E-state index is 0.299. The highest BCUT2D eigenvalue weighted by Gasteiger charge is 2.11. The number of methoxy groups -OCH3 is 1. The number of rotatable bonds is 7. The predicted molar refractivity (Wildman–Crippen MR) is 106 cm³/mol. The number of hydrogen-bond acceptors (Lipinski definition) is 7. The summed E-state index contributed by atoms with van der Waals surface area (Å²) in [5.74, 6) is 0.506. The Morgan fingerprint density at radius 1 is 0.964 bits per heavy atom. The second-order valence-electron chi connectivity index (χ2n) is 5.92. The number of aromatic nitrogens is 2. The monoisotopic (exact) mass is 397 g/mol. The van der Waals surface area contributed by atoms with Gasteiger partial charge in [0, 0.05) is 18.9 Å². The van der Waals surface area contributed by atoms with Crippen molar-refractivity contribution < 1.29 is 19.1 Å². The number of nitrogens with zero attached hydrogens (tertiary/aromatic N) is 2. The van der Waals surface area contributed by atoms with E-state index in [0.29, 0.717) is 16.4 Å². The number of nitrogens with one attached hydrogen (secondary N) is 1. The van der Waals surface area contributed by atoms with E-state index in [2.05, 4.69) is 15.5 Å². The second-order valence-corrected chi connectivity index (χ2v) is 6.98. The molecule has 0 saturated carbocycles. The molecule has 3 rings (SSSR count). The summed E-state index contributed by atoms with van der Waals surface area (Å²) in [6.07, 6.45) is 1.56. The first-order valence-electron chi connectivity index (χ1n) is 8.58. The average molecular weight is 397 g/mol. The van der Waals surface area contributed by atoms with Crippen molar-refractivity contribution in [3.8, 4) is 11.5 Å². The Balaban J connectivity index is 1.54. The number of amides is 1. The van der Waals surface area contributed by atoms with Crippen molar-refractivity contribution in [2.45, 2.75) is 19.8 Å². The van der Waals surface area contributed by atoms with Crippen molar-refractivity contribution in [3.63, 3.8) is 0 Å². The van der Waals surface area contributed by atoms with E-state index < -0.39 is 5.97 Å². The van der Waals surface area contributed by atoms with Gasteiger partial charge in [0.1, 0.15) is 16.5 Å². The van der Waals surface area contributed by atoms with Gasteiger partial charge in [0.25, 0.3) is 5.91 Å². The Morgan fingerprint density at radius 2 is 1.64 bits per heavy atom. The predicted octanol–water partition coefficient (Wildman–Crippen LogP) is 3.51. The molecule has 1 heterocycles. The molecule has 0 aliphatic heterocycles. The normalized spacial score (nSPS) is 10.4. The number of hydrogen-bond donors (Lipinski definition) is 1. The third-order valence-electron chi connectivity index (χ3n) is 3.85. The SMILES string of the molecule is COc1ccc(CCc2nnc(NC(=O)c3ccc(OC(C)=O)cc3)s2)cc1. The summed E-state index contributed by atoms with van der Waals surface area (Å²) in [4.78, 5) is 23.2. The van der Waals surface area contributed by atoms with Gasteiger partial charge < -0.3 is 9.47 Å². The standard InChI is InChI=1S/C20H19N3O4S/c1-13(24)27-17-10-6-15(7-11-17)19(25)21-20-23-22-18(28-20)12-5-14-3-8-16(26-2)9-4-14/h3-4,6-11H,5,12H2,1-2H3,(H,21,23,25). The molecule has 0 aliphatic rings. The third kappa shape index (κ3) is 5.37. The van der Waals surface area contributed by atoms with Crippen molar-refractivity contribution >= 4 is 28.3 Å². The number of anilines is 1. The Hall–Kier alpha value is -3.26. The zero-order valence-corrected chi connectivity index (χ0v) is 16.3. The van der Waals surface area contributed by atoms with Crippen LogP contribution in [0.2, 0.25) is 0 Å². The zero-order valence-electron chi connectivity index (χ0n) is 15.5. The fourth-order valence-corrected chi connectivity index (χ4v) is 3.19. The van der Waals surface area contributed by atoms with E-state index in [4.69, 9.17) is 9.47 Å². The van der Waals surface area contributed by atoms with Crippen molar-refractivity contribution in [2.24, 2.45) is 0 Å². The zero-order chi connectivity index (χ0) is 19.9. The maximum atomic E-state index is 12.3. The van der Waals surface area contributed by atoms with E-state index in [0.717, 1.165) is 23.6 Å². The number of ether oxygens (including phenoxy) is 2. The molecule has 0 atom stereocenters. The summed E-state index contributed by atoms with van der Waals surface area (Å²) >= 11 is 1.35. The topological polar surface area (TPSA) is 90.4 Å². The first-order chi connectivity index (χ1) is 13.5. The summed E-state index contributed by atoms with van der Waals surface area (Å²) in [5.41, 5.74) is 1.61. The van der Waals surface area contributed by atoms with Crippen LogP contribution in [0.15, 0.2) is 48.5 Å². The molecule has 0 radical (unpaired) electrons. The molecule has 144 valence electrons. The maximum Gasteiger partial charge on any atom is 0.308 e. The summed E-state index contributed by atoms with van der Waals surface area (Å²) in [6, 6.07) is 14.2. The van der Waals surface area contributed by atoms with E-state index >= 15 is 0 Å². The molecule has 1 N–H and O–H groups in total. The first-order valence-corrected chi connectivity index (χ1v) is 9.40. The van der Waals surface area contributed by atoms with Crippen LogP contribution in [0.4, 0.5) is 5.13 Å². The smallest absolute Gasteiger partial charge is 0.308 e. The van der Waals surface area contributed by atoms with Gasteiger partial charge in [-0.05, 0) is 48.4 Å². The van der Waals surface area contributed by atoms with Crippen molar-refractivity contribution in [1.82, 2.24) is 10.2 Å². The summed E-state index contributed by atoms with van der Waals surface area (Å²) in [5, 5.41) is 12.2. The number of esters is 1. The van der Waals surface area contributed by atoms with Crippen LogP contribution in [0.3, 0.4) is 0 Å². The fourth-order valence-electron chi connectivity index (χ4n) is 2.46. The molecule has 0 spiro atoms. The lowest BCUT2D eigenvalue weighted by Crippen LogP contribution is -2.11. The van der Waals surface area contributed by atoms with Gasteiger partial charge in [-0.1, -0.05) is 23.5 Å². The minimum atomic E-state index is -0.409. The Bertz CT molecular complexity index is 952. The lowest BCUT2D eigenvalue weighted by atomic mass is 10.1. The van der Waals surface area contributed by atoms with Crippen LogP contribution in [0.5, 0.6) is 11.5 Å². The lowest BCUT2D eigenvalue weighted by Gasteiger charge is -2.03. The van der Waals surface area contributed by atoms with Crippen LogP contribution in [-0.4, -0.2) is 29.2 Å².